The van der Waals surface area contributed by atoms with E-state index in [9.17, 15) is 14.4 Å². The van der Waals surface area contributed by atoms with Crippen LogP contribution in [-0.4, -0.2) is 30.2 Å². The molecule has 1 unspecified atom stereocenters. The molecule has 2 aliphatic carbocycles. The van der Waals surface area contributed by atoms with Crippen molar-refractivity contribution in [2.24, 2.45) is 5.92 Å². The van der Waals surface area contributed by atoms with Gasteiger partial charge in [-0.05, 0) is 25.7 Å². The molecule has 130 valence electrons. The molecule has 2 rings (SSSR count). The van der Waals surface area contributed by atoms with Crippen LogP contribution < -0.4 is 10.6 Å². The number of carbonyl (C=O) groups is 3. The Morgan fingerprint density at radius 2 is 1.39 bits per heavy atom. The summed E-state index contributed by atoms with van der Waals surface area (Å²) in [7, 11) is 0. The molecule has 2 saturated carbocycles. The van der Waals surface area contributed by atoms with Gasteiger partial charge in [-0.15, -0.1) is 0 Å². The lowest BCUT2D eigenvalue weighted by Gasteiger charge is -2.26. The molecule has 0 bridgehead atoms. The van der Waals surface area contributed by atoms with Crippen LogP contribution in [0.3, 0.4) is 0 Å². The van der Waals surface area contributed by atoms with Crippen LogP contribution in [0, 0.1) is 5.92 Å². The van der Waals surface area contributed by atoms with Gasteiger partial charge in [0.1, 0.15) is 6.29 Å². The molecule has 2 fully saturated rings. The highest BCUT2D eigenvalue weighted by atomic mass is 16.2. The van der Waals surface area contributed by atoms with Crippen LogP contribution in [0.2, 0.25) is 0 Å². The molecule has 0 aliphatic heterocycles. The zero-order valence-corrected chi connectivity index (χ0v) is 14.0. The van der Waals surface area contributed by atoms with Gasteiger partial charge in [0.15, 0.2) is 0 Å². The van der Waals surface area contributed by atoms with Gasteiger partial charge in [-0.3, -0.25) is 9.59 Å². The molecular formula is C18H30N2O3. The van der Waals surface area contributed by atoms with Gasteiger partial charge in [-0.2, -0.15) is 0 Å². The van der Waals surface area contributed by atoms with E-state index in [2.05, 4.69) is 10.6 Å². The van der Waals surface area contributed by atoms with Gasteiger partial charge in [0.2, 0.25) is 11.8 Å². The third-order valence-electron chi connectivity index (χ3n) is 5.11. The SMILES string of the molecule is O=CCC(CC(=O)NC1CCCCC1)C(=O)NC1CCCCC1. The van der Waals surface area contributed by atoms with Crippen LogP contribution in [0.4, 0.5) is 0 Å². The van der Waals surface area contributed by atoms with Crippen molar-refractivity contribution in [1.29, 1.82) is 0 Å². The number of carbonyl (C=O) groups excluding carboxylic acids is 3. The summed E-state index contributed by atoms with van der Waals surface area (Å²) >= 11 is 0. The smallest absolute Gasteiger partial charge is 0.224 e. The molecule has 0 radical (unpaired) electrons. The first-order valence-corrected chi connectivity index (χ1v) is 9.22. The van der Waals surface area contributed by atoms with Crippen molar-refractivity contribution in [3.8, 4) is 0 Å². The van der Waals surface area contributed by atoms with E-state index in [1.54, 1.807) is 0 Å². The predicted molar refractivity (Wildman–Crippen MR) is 88.8 cm³/mol. The minimum absolute atomic E-state index is 0.0949. The molecular weight excluding hydrogens is 292 g/mol. The fourth-order valence-corrected chi connectivity index (χ4v) is 3.72. The zero-order chi connectivity index (χ0) is 16.5. The van der Waals surface area contributed by atoms with Gasteiger partial charge in [0.05, 0.1) is 5.92 Å². The molecule has 2 N–H and O–H groups in total. The average Bonchev–Trinajstić information content (AvgIpc) is 2.56. The summed E-state index contributed by atoms with van der Waals surface area (Å²) < 4.78 is 0. The molecule has 0 aromatic carbocycles. The van der Waals surface area contributed by atoms with Crippen molar-refractivity contribution >= 4 is 18.1 Å². The van der Waals surface area contributed by atoms with Gasteiger partial charge in [0, 0.05) is 24.9 Å². The molecule has 23 heavy (non-hydrogen) atoms. The van der Waals surface area contributed by atoms with Gasteiger partial charge in [-0.1, -0.05) is 38.5 Å². The normalized spacial score (nSPS) is 21.4. The number of hydrogen-bond donors (Lipinski definition) is 2. The summed E-state index contributed by atoms with van der Waals surface area (Å²) in [5.74, 6) is -0.761. The molecule has 0 saturated heterocycles. The summed E-state index contributed by atoms with van der Waals surface area (Å²) in [6, 6.07) is 0.460. The van der Waals surface area contributed by atoms with Crippen molar-refractivity contribution in [3.05, 3.63) is 0 Å². The Bertz CT molecular complexity index is 399. The molecule has 2 aliphatic rings. The minimum atomic E-state index is -0.530. The van der Waals surface area contributed by atoms with Gasteiger partial charge < -0.3 is 15.4 Å². The average molecular weight is 322 g/mol. The summed E-state index contributed by atoms with van der Waals surface area (Å²) in [5.41, 5.74) is 0. The summed E-state index contributed by atoms with van der Waals surface area (Å²) in [5, 5.41) is 6.07. The largest absolute Gasteiger partial charge is 0.353 e. The van der Waals surface area contributed by atoms with Crippen molar-refractivity contribution < 1.29 is 14.4 Å². The minimum Gasteiger partial charge on any atom is -0.353 e. The van der Waals surface area contributed by atoms with E-state index in [1.165, 1.54) is 12.8 Å². The fraction of sp³-hybridized carbons (Fsp3) is 0.833. The van der Waals surface area contributed by atoms with Gasteiger partial charge in [-0.25, -0.2) is 0 Å². The third-order valence-corrected chi connectivity index (χ3v) is 5.11. The highest BCUT2D eigenvalue weighted by Crippen LogP contribution is 2.20. The zero-order valence-electron chi connectivity index (χ0n) is 14.0. The molecule has 0 heterocycles. The maximum Gasteiger partial charge on any atom is 0.224 e. The quantitative estimate of drug-likeness (QED) is 0.707. The lowest BCUT2D eigenvalue weighted by molar-refractivity contribution is -0.132. The maximum absolute atomic E-state index is 12.4. The first-order valence-electron chi connectivity index (χ1n) is 9.22. The Hall–Kier alpha value is -1.39. The standard InChI is InChI=1S/C18H30N2O3/c21-12-11-14(18(23)20-16-9-5-2-6-10-16)13-17(22)19-15-7-3-1-4-8-15/h12,14-16H,1-11,13H2,(H,19,22)(H,20,23). The Morgan fingerprint density at radius 1 is 0.870 bits per heavy atom. The van der Waals surface area contributed by atoms with E-state index >= 15 is 0 Å². The van der Waals surface area contributed by atoms with Crippen LogP contribution in [-0.2, 0) is 14.4 Å². The van der Waals surface area contributed by atoms with E-state index in [4.69, 9.17) is 0 Å². The molecule has 2 amide bonds. The number of aldehydes is 1. The molecule has 0 aromatic heterocycles. The summed E-state index contributed by atoms with van der Waals surface area (Å²) in [6.07, 6.45) is 12.1. The van der Waals surface area contributed by atoms with Gasteiger partial charge in [0.25, 0.3) is 0 Å². The second-order valence-electron chi connectivity index (χ2n) is 7.05. The van der Waals surface area contributed by atoms with E-state index in [0.29, 0.717) is 0 Å². The van der Waals surface area contributed by atoms with Crippen molar-refractivity contribution in [2.45, 2.75) is 89.1 Å². The van der Waals surface area contributed by atoms with E-state index < -0.39 is 5.92 Å². The molecule has 0 spiro atoms. The number of amides is 2. The number of nitrogens with one attached hydrogen (secondary N) is 2. The highest BCUT2D eigenvalue weighted by Gasteiger charge is 2.26. The van der Waals surface area contributed by atoms with Crippen LogP contribution in [0.5, 0.6) is 0 Å². The van der Waals surface area contributed by atoms with Crippen LogP contribution in [0.15, 0.2) is 0 Å². The topological polar surface area (TPSA) is 75.3 Å². The Labute approximate surface area is 139 Å². The van der Waals surface area contributed by atoms with E-state index in [-0.39, 0.29) is 36.7 Å². The monoisotopic (exact) mass is 322 g/mol. The number of rotatable bonds is 7. The summed E-state index contributed by atoms with van der Waals surface area (Å²) in [4.78, 5) is 35.4. The predicted octanol–water partition coefficient (Wildman–Crippen LogP) is 2.48. The van der Waals surface area contributed by atoms with Gasteiger partial charge >= 0.3 is 0 Å². The second-order valence-corrected chi connectivity index (χ2v) is 7.05. The van der Waals surface area contributed by atoms with Crippen LogP contribution >= 0.6 is 0 Å². The molecule has 1 atom stereocenters. The van der Waals surface area contributed by atoms with Crippen molar-refractivity contribution in [2.75, 3.05) is 0 Å². The summed E-state index contributed by atoms with van der Waals surface area (Å²) in [6.45, 7) is 0. The molecule has 5 nitrogen and oxygen atoms in total. The molecule has 0 aromatic rings. The van der Waals surface area contributed by atoms with Crippen molar-refractivity contribution in [1.82, 2.24) is 10.6 Å². The Balaban J connectivity index is 1.79. The first kappa shape index (κ1) is 18.0. The third kappa shape index (κ3) is 6.32. The number of hydrogen-bond acceptors (Lipinski definition) is 3. The lowest BCUT2D eigenvalue weighted by atomic mass is 9.93. The second kappa shape index (κ2) is 9.68. The Morgan fingerprint density at radius 3 is 1.91 bits per heavy atom. The van der Waals surface area contributed by atoms with Crippen molar-refractivity contribution in [3.63, 3.8) is 0 Å². The van der Waals surface area contributed by atoms with Crippen LogP contribution in [0.25, 0.3) is 0 Å². The van der Waals surface area contributed by atoms with E-state index in [0.717, 1.165) is 57.7 Å². The molecule has 5 heteroatoms. The van der Waals surface area contributed by atoms with E-state index in [1.807, 2.05) is 0 Å². The first-order chi connectivity index (χ1) is 11.2. The highest BCUT2D eigenvalue weighted by molar-refractivity contribution is 5.87. The van der Waals surface area contributed by atoms with Crippen LogP contribution in [0.1, 0.15) is 77.0 Å². The lowest BCUT2D eigenvalue weighted by Crippen LogP contribution is -2.43. The fourth-order valence-electron chi connectivity index (χ4n) is 3.72. The Kier molecular flexibility index (Phi) is 7.56. The maximum atomic E-state index is 12.4.